The molecule has 0 bridgehead atoms. The van der Waals surface area contributed by atoms with Crippen molar-refractivity contribution in [3.8, 4) is 0 Å². The highest BCUT2D eigenvalue weighted by Crippen LogP contribution is 2.59. The molecule has 3 fully saturated rings. The Balaban J connectivity index is 1.56. The third-order valence-corrected chi connectivity index (χ3v) is 8.35. The lowest BCUT2D eigenvalue weighted by Crippen LogP contribution is -2.57. The highest BCUT2D eigenvalue weighted by Gasteiger charge is 2.72. The van der Waals surface area contributed by atoms with Gasteiger partial charge in [-0.15, -0.1) is 0 Å². The lowest BCUT2D eigenvalue weighted by atomic mass is 9.68. The summed E-state index contributed by atoms with van der Waals surface area (Å²) < 4.78 is 29.6. The number of methoxy groups -OCH3 is 1. The molecule has 3 amide bonds. The zero-order valence-electron chi connectivity index (χ0n) is 26.5. The average molecular weight is 583 g/mol. The molecule has 2 aliphatic heterocycles. The van der Waals surface area contributed by atoms with Crippen LogP contribution in [0.15, 0.2) is 11.6 Å². The minimum atomic E-state index is -0.786. The van der Waals surface area contributed by atoms with Crippen LogP contribution in [0.25, 0.3) is 0 Å². The molecule has 7 atom stereocenters. The number of quaternary nitrogens is 1. The Morgan fingerprint density at radius 2 is 1.83 bits per heavy atom. The Hall–Kier alpha value is -2.21. The molecular formula is C30H52N3O8+. The number of carbonyl (C=O) groups excluding carboxylic acids is 3. The molecule has 0 aromatic heterocycles. The highest BCUT2D eigenvalue weighted by molar-refractivity contribution is 5.92. The smallest absolute Gasteiger partial charge is 0.414 e. The maximum atomic E-state index is 12.9. The Bertz CT molecular complexity index is 987. The highest BCUT2D eigenvalue weighted by atomic mass is 16.6. The first kappa shape index (κ1) is 33.3. The van der Waals surface area contributed by atoms with Gasteiger partial charge in [0.15, 0.2) is 6.54 Å². The van der Waals surface area contributed by atoms with Gasteiger partial charge in [-0.3, -0.25) is 10.1 Å². The maximum Gasteiger partial charge on any atom is 0.414 e. The zero-order valence-corrected chi connectivity index (χ0v) is 26.5. The lowest BCUT2D eigenvalue weighted by Gasteiger charge is -2.42. The fourth-order valence-corrected chi connectivity index (χ4v) is 6.29. The largest absolute Gasteiger partial charge is 0.444 e. The fraction of sp³-hybridized carbons (Fsp3) is 0.833. The number of alkyl carbamates (subject to hydrolysis) is 2. The van der Waals surface area contributed by atoms with Gasteiger partial charge >= 0.3 is 12.2 Å². The van der Waals surface area contributed by atoms with Crippen LogP contribution < -0.4 is 10.6 Å². The van der Waals surface area contributed by atoms with E-state index in [9.17, 15) is 14.4 Å². The van der Waals surface area contributed by atoms with E-state index in [1.165, 1.54) is 5.57 Å². The van der Waals surface area contributed by atoms with Crippen molar-refractivity contribution in [2.45, 2.75) is 109 Å². The molecule has 0 radical (unpaired) electrons. The molecule has 0 aromatic rings. The predicted molar refractivity (Wildman–Crippen MR) is 153 cm³/mol. The number of nitrogens with zero attached hydrogens (tertiary/aromatic N) is 1. The Morgan fingerprint density at radius 3 is 2.39 bits per heavy atom. The first-order chi connectivity index (χ1) is 19.1. The average Bonchev–Trinajstić information content (AvgIpc) is 3.74. The van der Waals surface area contributed by atoms with Gasteiger partial charge in [-0.25, -0.2) is 9.59 Å². The third-order valence-electron chi connectivity index (χ3n) is 8.35. The second kappa shape index (κ2) is 13.0. The molecule has 2 heterocycles. The van der Waals surface area contributed by atoms with Crippen molar-refractivity contribution >= 4 is 18.1 Å². The zero-order chi connectivity index (χ0) is 30.6. The van der Waals surface area contributed by atoms with Gasteiger partial charge in [-0.2, -0.15) is 0 Å². The number of amides is 3. The topological polar surface area (TPSA) is 128 Å². The van der Waals surface area contributed by atoms with Crippen LogP contribution in [-0.2, 0) is 28.5 Å². The van der Waals surface area contributed by atoms with E-state index >= 15 is 0 Å². The van der Waals surface area contributed by atoms with Crippen molar-refractivity contribution in [1.29, 1.82) is 0 Å². The summed E-state index contributed by atoms with van der Waals surface area (Å²) in [6.07, 6.45) is 2.93. The van der Waals surface area contributed by atoms with E-state index in [2.05, 4.69) is 37.5 Å². The monoisotopic (exact) mass is 582 g/mol. The van der Waals surface area contributed by atoms with Gasteiger partial charge in [0.1, 0.15) is 29.0 Å². The number of carbonyl (C=O) groups is 3. The summed E-state index contributed by atoms with van der Waals surface area (Å²) >= 11 is 0. The molecule has 2 N–H and O–H groups in total. The molecule has 3 aliphatic rings. The standard InChI is InChI=1S/C30H51N3O8/c1-10-16-33(8,17-15-31-26(35)41-28(4,5)6)18-23(34)32-27(36)39-21-13-14-30(19-38-30)25(24(21)37-9)29(7)22(40-29)12-11-20(2)3/h11,21-22,24-25H,10,12-19H2,1-9H3,(H-,31,32,34,35,36)/p+1. The van der Waals surface area contributed by atoms with Crippen LogP contribution in [0.5, 0.6) is 0 Å². The molecular weight excluding hydrogens is 530 g/mol. The normalized spacial score (nSPS) is 31.9. The number of nitrogens with one attached hydrogen (secondary N) is 2. The molecule has 11 heteroatoms. The Kier molecular flexibility index (Phi) is 10.5. The van der Waals surface area contributed by atoms with Crippen LogP contribution in [0.3, 0.4) is 0 Å². The van der Waals surface area contributed by atoms with Crippen LogP contribution in [0, 0.1) is 5.92 Å². The predicted octanol–water partition coefficient (Wildman–Crippen LogP) is 3.70. The molecule has 1 spiro atoms. The number of hydrogen-bond acceptors (Lipinski definition) is 8. The van der Waals surface area contributed by atoms with Crippen LogP contribution in [0.1, 0.15) is 74.1 Å². The number of hydrogen-bond donors (Lipinski definition) is 2. The minimum Gasteiger partial charge on any atom is -0.444 e. The molecule has 7 unspecified atom stereocenters. The Morgan fingerprint density at radius 1 is 1.15 bits per heavy atom. The summed E-state index contributed by atoms with van der Waals surface area (Å²) in [4.78, 5) is 37.8. The van der Waals surface area contributed by atoms with Gasteiger partial charge in [-0.1, -0.05) is 18.6 Å². The third kappa shape index (κ3) is 8.89. The lowest BCUT2D eigenvalue weighted by molar-refractivity contribution is -0.900. The van der Waals surface area contributed by atoms with Crippen molar-refractivity contribution in [3.05, 3.63) is 11.6 Å². The van der Waals surface area contributed by atoms with Crippen molar-refractivity contribution < 1.29 is 42.6 Å². The molecule has 2 saturated heterocycles. The summed E-state index contributed by atoms with van der Waals surface area (Å²) in [5.41, 5.74) is -0.115. The summed E-state index contributed by atoms with van der Waals surface area (Å²) in [5.74, 6) is -0.536. The summed E-state index contributed by atoms with van der Waals surface area (Å²) in [7, 11) is 3.54. The van der Waals surface area contributed by atoms with Gasteiger partial charge in [0.2, 0.25) is 0 Å². The molecule has 1 aliphatic carbocycles. The molecule has 234 valence electrons. The first-order valence-corrected chi connectivity index (χ1v) is 14.9. The summed E-state index contributed by atoms with van der Waals surface area (Å²) in [6.45, 7) is 15.9. The van der Waals surface area contributed by atoms with E-state index in [0.717, 1.165) is 19.3 Å². The number of ether oxygens (including phenoxy) is 5. The van der Waals surface area contributed by atoms with E-state index in [-0.39, 0.29) is 24.2 Å². The van der Waals surface area contributed by atoms with Gasteiger partial charge in [0.25, 0.3) is 5.91 Å². The van der Waals surface area contributed by atoms with Gasteiger partial charge in [0.05, 0.1) is 45.3 Å². The molecule has 1 saturated carbocycles. The van der Waals surface area contributed by atoms with E-state index < -0.39 is 41.5 Å². The van der Waals surface area contributed by atoms with Crippen molar-refractivity contribution in [3.63, 3.8) is 0 Å². The quantitative estimate of drug-likeness (QED) is 0.203. The second-order valence-electron chi connectivity index (χ2n) is 13.5. The van der Waals surface area contributed by atoms with Crippen LogP contribution in [-0.4, -0.2) is 105 Å². The molecule has 0 aromatic carbocycles. The van der Waals surface area contributed by atoms with Crippen LogP contribution in [0.2, 0.25) is 0 Å². The summed E-state index contributed by atoms with van der Waals surface area (Å²) in [5, 5.41) is 5.15. The SMILES string of the molecule is CCC[N+](C)(CCNC(=O)OC(C)(C)C)CC(=O)NC(=O)OC1CCC2(CO2)C(C2(C)OC2CC=C(C)C)C1OC. The number of rotatable bonds is 12. The van der Waals surface area contributed by atoms with E-state index in [1.807, 2.05) is 14.0 Å². The van der Waals surface area contributed by atoms with Crippen LogP contribution in [0.4, 0.5) is 9.59 Å². The summed E-state index contributed by atoms with van der Waals surface area (Å²) in [6, 6.07) is 0. The van der Waals surface area contributed by atoms with Crippen molar-refractivity contribution in [1.82, 2.24) is 10.6 Å². The molecule has 11 nitrogen and oxygen atoms in total. The second-order valence-corrected chi connectivity index (χ2v) is 13.5. The fourth-order valence-electron chi connectivity index (χ4n) is 6.29. The Labute approximate surface area is 245 Å². The molecule has 41 heavy (non-hydrogen) atoms. The van der Waals surface area contributed by atoms with E-state index in [4.69, 9.17) is 23.7 Å². The van der Waals surface area contributed by atoms with Gasteiger partial charge in [0, 0.05) is 7.11 Å². The maximum absolute atomic E-state index is 12.9. The number of likely N-dealkylation sites (N-methyl/N-ethyl adjacent to an activating group) is 1. The van der Waals surface area contributed by atoms with E-state index in [0.29, 0.717) is 37.1 Å². The first-order valence-electron chi connectivity index (χ1n) is 14.9. The number of epoxide rings is 2. The number of imide groups is 1. The minimum absolute atomic E-state index is 0.0501. The van der Waals surface area contributed by atoms with Crippen molar-refractivity contribution in [2.75, 3.05) is 46.9 Å². The van der Waals surface area contributed by atoms with E-state index in [1.54, 1.807) is 27.9 Å². The van der Waals surface area contributed by atoms with Gasteiger partial charge in [-0.05, 0) is 67.2 Å². The number of allylic oxidation sites excluding steroid dienone is 1. The van der Waals surface area contributed by atoms with Crippen molar-refractivity contribution in [2.24, 2.45) is 5.92 Å². The van der Waals surface area contributed by atoms with Gasteiger partial charge < -0.3 is 33.5 Å². The molecule has 3 rings (SSSR count). The van der Waals surface area contributed by atoms with Crippen LogP contribution >= 0.6 is 0 Å².